The highest BCUT2D eigenvalue weighted by Gasteiger charge is 1.90. The molecule has 14 heavy (non-hydrogen) atoms. The van der Waals surface area contributed by atoms with Crippen molar-refractivity contribution >= 4 is 5.57 Å². The molecule has 0 aromatic heterocycles. The van der Waals surface area contributed by atoms with E-state index in [1.807, 2.05) is 30.4 Å². The van der Waals surface area contributed by atoms with Crippen molar-refractivity contribution in [3.8, 4) is 0 Å². The van der Waals surface area contributed by atoms with Crippen LogP contribution in [0, 0.1) is 0 Å². The van der Waals surface area contributed by atoms with E-state index < -0.39 is 0 Å². The fraction of sp³-hybridized carbons (Fsp3) is 0.231. The van der Waals surface area contributed by atoms with E-state index in [1.165, 1.54) is 11.1 Å². The van der Waals surface area contributed by atoms with Gasteiger partial charge in [-0.1, -0.05) is 48.6 Å². The van der Waals surface area contributed by atoms with Crippen LogP contribution < -0.4 is 0 Å². The van der Waals surface area contributed by atoms with Crippen molar-refractivity contribution in [3.63, 3.8) is 0 Å². The first-order chi connectivity index (χ1) is 6.84. The van der Waals surface area contributed by atoms with E-state index in [1.54, 1.807) is 0 Å². The van der Waals surface area contributed by atoms with Gasteiger partial charge < -0.3 is 5.11 Å². The third-order valence-corrected chi connectivity index (χ3v) is 2.01. The molecule has 1 aromatic rings. The quantitative estimate of drug-likeness (QED) is 0.720. The van der Waals surface area contributed by atoms with Crippen LogP contribution in [0.2, 0.25) is 0 Å². The summed E-state index contributed by atoms with van der Waals surface area (Å²) in [6.45, 7) is 2.30. The minimum absolute atomic E-state index is 0.217. The van der Waals surface area contributed by atoms with Crippen molar-refractivity contribution in [2.75, 3.05) is 6.61 Å². The maximum Gasteiger partial charge on any atom is 0.0465 e. The summed E-state index contributed by atoms with van der Waals surface area (Å²) in [5.74, 6) is 0. The maximum atomic E-state index is 8.58. The fourth-order valence-electron chi connectivity index (χ4n) is 1.18. The molecule has 1 heteroatoms. The molecule has 0 aliphatic heterocycles. The third kappa shape index (κ3) is 3.58. The minimum Gasteiger partial charge on any atom is -0.396 e. The van der Waals surface area contributed by atoms with E-state index in [2.05, 4.69) is 25.1 Å². The molecular weight excluding hydrogens is 172 g/mol. The summed E-state index contributed by atoms with van der Waals surface area (Å²) in [4.78, 5) is 0. The molecule has 0 aliphatic rings. The van der Waals surface area contributed by atoms with E-state index in [9.17, 15) is 0 Å². The molecule has 0 fully saturated rings. The molecule has 74 valence electrons. The summed E-state index contributed by atoms with van der Waals surface area (Å²) in [7, 11) is 0. The standard InChI is InChI=1S/C13H16O/c1-12(8-4-3-7-11-14)13-9-5-2-6-10-13/h2-6,8-10,14H,7,11H2,1H3/b4-3+,12-8+. The molecule has 0 heterocycles. The number of rotatable bonds is 4. The van der Waals surface area contributed by atoms with Crippen molar-refractivity contribution in [2.24, 2.45) is 0 Å². The van der Waals surface area contributed by atoms with Gasteiger partial charge in [0.1, 0.15) is 0 Å². The Morgan fingerprint density at radius 3 is 2.64 bits per heavy atom. The van der Waals surface area contributed by atoms with Gasteiger partial charge in [0.05, 0.1) is 0 Å². The van der Waals surface area contributed by atoms with E-state index in [0.717, 1.165) is 6.42 Å². The van der Waals surface area contributed by atoms with Gasteiger partial charge in [0.15, 0.2) is 0 Å². The Morgan fingerprint density at radius 2 is 2.00 bits per heavy atom. The number of hydrogen-bond acceptors (Lipinski definition) is 1. The maximum absolute atomic E-state index is 8.58. The predicted molar refractivity (Wildman–Crippen MR) is 60.9 cm³/mol. The Morgan fingerprint density at radius 1 is 1.29 bits per heavy atom. The van der Waals surface area contributed by atoms with Crippen LogP contribution in [0.15, 0.2) is 48.6 Å². The van der Waals surface area contributed by atoms with Crippen LogP contribution in [-0.4, -0.2) is 11.7 Å². The summed E-state index contributed by atoms with van der Waals surface area (Å²) in [6, 6.07) is 10.3. The second-order valence-corrected chi connectivity index (χ2v) is 3.16. The van der Waals surface area contributed by atoms with Crippen molar-refractivity contribution in [1.82, 2.24) is 0 Å². The largest absolute Gasteiger partial charge is 0.396 e. The molecule has 0 saturated heterocycles. The first kappa shape index (κ1) is 10.7. The third-order valence-electron chi connectivity index (χ3n) is 2.01. The summed E-state index contributed by atoms with van der Waals surface area (Å²) in [5, 5.41) is 8.58. The van der Waals surface area contributed by atoms with Gasteiger partial charge in [-0.05, 0) is 24.5 Å². The Kier molecular flexibility index (Phi) is 4.73. The van der Waals surface area contributed by atoms with Crippen LogP contribution in [0.1, 0.15) is 18.9 Å². The van der Waals surface area contributed by atoms with Gasteiger partial charge in [0.2, 0.25) is 0 Å². The average Bonchev–Trinajstić information content (AvgIpc) is 2.25. The summed E-state index contributed by atoms with van der Waals surface area (Å²) in [6.07, 6.45) is 6.73. The zero-order valence-electron chi connectivity index (χ0n) is 8.48. The lowest BCUT2D eigenvalue weighted by Crippen LogP contribution is -1.77. The van der Waals surface area contributed by atoms with E-state index in [4.69, 9.17) is 5.11 Å². The van der Waals surface area contributed by atoms with E-state index in [-0.39, 0.29) is 6.61 Å². The molecule has 1 N–H and O–H groups in total. The number of benzene rings is 1. The van der Waals surface area contributed by atoms with Crippen molar-refractivity contribution in [3.05, 3.63) is 54.1 Å². The number of aliphatic hydroxyl groups excluding tert-OH is 1. The van der Waals surface area contributed by atoms with E-state index >= 15 is 0 Å². The highest BCUT2D eigenvalue weighted by atomic mass is 16.2. The van der Waals surface area contributed by atoms with Gasteiger partial charge in [0, 0.05) is 6.61 Å². The van der Waals surface area contributed by atoms with Gasteiger partial charge in [-0.2, -0.15) is 0 Å². The van der Waals surface area contributed by atoms with Crippen LogP contribution in [0.5, 0.6) is 0 Å². The SMILES string of the molecule is C/C(=C\C=C\CCO)c1ccccc1. The molecule has 1 nitrogen and oxygen atoms in total. The monoisotopic (exact) mass is 188 g/mol. The van der Waals surface area contributed by atoms with Crippen molar-refractivity contribution < 1.29 is 5.11 Å². The Labute approximate surface area is 85.4 Å². The van der Waals surface area contributed by atoms with Gasteiger partial charge in [-0.25, -0.2) is 0 Å². The number of aliphatic hydroxyl groups is 1. The predicted octanol–water partition coefficient (Wildman–Crippen LogP) is 3.03. The second-order valence-electron chi connectivity index (χ2n) is 3.16. The normalized spacial score (nSPS) is 12.3. The Hall–Kier alpha value is -1.34. The zero-order chi connectivity index (χ0) is 10.2. The molecule has 1 rings (SSSR count). The highest BCUT2D eigenvalue weighted by Crippen LogP contribution is 2.12. The van der Waals surface area contributed by atoms with Crippen LogP contribution in [0.3, 0.4) is 0 Å². The number of hydrogen-bond donors (Lipinski definition) is 1. The summed E-state index contributed by atoms with van der Waals surface area (Å²) < 4.78 is 0. The summed E-state index contributed by atoms with van der Waals surface area (Å²) >= 11 is 0. The molecule has 1 aromatic carbocycles. The van der Waals surface area contributed by atoms with Crippen LogP contribution in [0.25, 0.3) is 5.57 Å². The van der Waals surface area contributed by atoms with Crippen LogP contribution >= 0.6 is 0 Å². The van der Waals surface area contributed by atoms with Gasteiger partial charge >= 0.3 is 0 Å². The molecule has 0 atom stereocenters. The molecular formula is C13H16O. The summed E-state index contributed by atoms with van der Waals surface area (Å²) in [5.41, 5.74) is 2.47. The minimum atomic E-state index is 0.217. The molecule has 0 bridgehead atoms. The molecule has 0 aliphatic carbocycles. The Balaban J connectivity index is 2.61. The van der Waals surface area contributed by atoms with Crippen molar-refractivity contribution in [1.29, 1.82) is 0 Å². The lowest BCUT2D eigenvalue weighted by molar-refractivity contribution is 0.302. The molecule has 0 saturated carbocycles. The lowest BCUT2D eigenvalue weighted by Gasteiger charge is -1.98. The first-order valence-corrected chi connectivity index (χ1v) is 4.84. The topological polar surface area (TPSA) is 20.2 Å². The fourth-order valence-corrected chi connectivity index (χ4v) is 1.18. The van der Waals surface area contributed by atoms with Crippen molar-refractivity contribution in [2.45, 2.75) is 13.3 Å². The second kappa shape index (κ2) is 6.17. The lowest BCUT2D eigenvalue weighted by atomic mass is 10.1. The van der Waals surface area contributed by atoms with Crippen LogP contribution in [-0.2, 0) is 0 Å². The zero-order valence-corrected chi connectivity index (χ0v) is 8.48. The molecule has 0 unspecified atom stereocenters. The van der Waals surface area contributed by atoms with Gasteiger partial charge in [-0.15, -0.1) is 0 Å². The van der Waals surface area contributed by atoms with Gasteiger partial charge in [0.25, 0.3) is 0 Å². The average molecular weight is 188 g/mol. The molecule has 0 radical (unpaired) electrons. The first-order valence-electron chi connectivity index (χ1n) is 4.84. The molecule has 0 spiro atoms. The Bertz CT molecular complexity index is 309. The van der Waals surface area contributed by atoms with E-state index in [0.29, 0.717) is 0 Å². The van der Waals surface area contributed by atoms with Gasteiger partial charge in [-0.3, -0.25) is 0 Å². The van der Waals surface area contributed by atoms with Crippen LogP contribution in [0.4, 0.5) is 0 Å². The highest BCUT2D eigenvalue weighted by molar-refractivity contribution is 5.64. The number of allylic oxidation sites excluding steroid dienone is 3. The smallest absolute Gasteiger partial charge is 0.0465 e. The molecule has 0 amide bonds.